The summed E-state index contributed by atoms with van der Waals surface area (Å²) < 4.78 is 12.6. The molecule has 7 rings (SSSR count). The second-order valence-corrected chi connectivity index (χ2v) is 12.5. The van der Waals surface area contributed by atoms with E-state index in [0.29, 0.717) is 41.6 Å². The highest BCUT2D eigenvalue weighted by Gasteiger charge is 2.31. The monoisotopic (exact) mass is 562 g/mol. The van der Waals surface area contributed by atoms with Gasteiger partial charge in [-0.15, -0.1) is 0 Å². The van der Waals surface area contributed by atoms with E-state index in [0.717, 1.165) is 42.7 Å². The first-order chi connectivity index (χ1) is 19.9. The molecule has 13 heteroatoms. The summed E-state index contributed by atoms with van der Waals surface area (Å²) in [5, 5.41) is 11.8. The number of aromatic amines is 1. The lowest BCUT2D eigenvalue weighted by molar-refractivity contribution is 0.267. The molecule has 0 radical (unpaired) electrons. The zero-order valence-electron chi connectivity index (χ0n) is 24.0. The van der Waals surface area contributed by atoms with Gasteiger partial charge in [-0.1, -0.05) is 36.5 Å². The van der Waals surface area contributed by atoms with Gasteiger partial charge in [0.2, 0.25) is 23.5 Å². The van der Waals surface area contributed by atoms with Gasteiger partial charge in [0.15, 0.2) is 17.3 Å². The number of hydrogen-bond acceptors (Lipinski definition) is 11. The van der Waals surface area contributed by atoms with Crippen molar-refractivity contribution < 1.29 is 9.05 Å². The van der Waals surface area contributed by atoms with Gasteiger partial charge >= 0.3 is 5.76 Å². The maximum Gasteiger partial charge on any atom is 0.439 e. The molecule has 0 spiro atoms. The van der Waals surface area contributed by atoms with E-state index in [1.54, 1.807) is 0 Å². The number of imidazole rings is 1. The number of fused-ring (bicyclic) bond motifs is 1. The standard InChI is InChI=1S/C28H38N10O3/c1-15-7-9-17(10-8-15)13-38-21-22(29-16(2)18-5-4-6-18)31-24(25-34-28(39)41-36-25)32-23(21)33-27(38)37(3)14-20-30-26(40-35-20)19-11-12-19/h15-19H,4-14H2,1-3H3,(H,29,31,32)(H,34,36,39)/t15?,16-,17?/m1/s1. The van der Waals surface area contributed by atoms with E-state index < -0.39 is 5.76 Å². The third-order valence-electron chi connectivity index (χ3n) is 9.16. The van der Waals surface area contributed by atoms with E-state index in [1.165, 1.54) is 44.9 Å². The zero-order chi connectivity index (χ0) is 28.1. The summed E-state index contributed by atoms with van der Waals surface area (Å²) in [5.74, 6) is 4.94. The molecule has 0 bridgehead atoms. The Balaban J connectivity index is 1.30. The molecule has 4 aromatic rings. The molecule has 3 fully saturated rings. The fourth-order valence-electron chi connectivity index (χ4n) is 6.18. The van der Waals surface area contributed by atoms with Crippen molar-refractivity contribution >= 4 is 22.9 Å². The number of rotatable bonds is 10. The summed E-state index contributed by atoms with van der Waals surface area (Å²) in [6.07, 6.45) is 10.7. The van der Waals surface area contributed by atoms with Crippen molar-refractivity contribution in [3.05, 3.63) is 22.3 Å². The highest BCUT2D eigenvalue weighted by atomic mass is 16.5. The molecule has 2 N–H and O–H groups in total. The quantitative estimate of drug-likeness (QED) is 0.280. The van der Waals surface area contributed by atoms with E-state index in [1.807, 2.05) is 7.05 Å². The van der Waals surface area contributed by atoms with Crippen molar-refractivity contribution in [2.24, 2.45) is 17.8 Å². The van der Waals surface area contributed by atoms with Crippen molar-refractivity contribution in [3.8, 4) is 11.6 Å². The average molecular weight is 563 g/mol. The molecule has 3 saturated carbocycles. The minimum absolute atomic E-state index is 0.182. The smallest absolute Gasteiger partial charge is 0.365 e. The molecule has 3 aliphatic rings. The second-order valence-electron chi connectivity index (χ2n) is 12.5. The Hall–Kier alpha value is -3.77. The predicted molar refractivity (Wildman–Crippen MR) is 151 cm³/mol. The summed E-state index contributed by atoms with van der Waals surface area (Å²) in [4.78, 5) is 35.7. The van der Waals surface area contributed by atoms with E-state index in [2.05, 4.69) is 48.9 Å². The van der Waals surface area contributed by atoms with E-state index in [9.17, 15) is 4.79 Å². The Morgan fingerprint density at radius 1 is 1.02 bits per heavy atom. The summed E-state index contributed by atoms with van der Waals surface area (Å²) in [6.45, 7) is 5.83. The topological polar surface area (TPSA) is 157 Å². The highest BCUT2D eigenvalue weighted by molar-refractivity contribution is 5.87. The lowest BCUT2D eigenvalue weighted by Crippen LogP contribution is -2.31. The van der Waals surface area contributed by atoms with Crippen molar-refractivity contribution in [1.82, 2.24) is 39.8 Å². The number of H-pyrrole nitrogens is 1. The van der Waals surface area contributed by atoms with Gasteiger partial charge in [0.05, 0.1) is 6.54 Å². The molecule has 13 nitrogen and oxygen atoms in total. The van der Waals surface area contributed by atoms with Gasteiger partial charge in [0.25, 0.3) is 0 Å². The van der Waals surface area contributed by atoms with Crippen LogP contribution in [0, 0.1) is 17.8 Å². The zero-order valence-corrected chi connectivity index (χ0v) is 24.0. The maximum atomic E-state index is 11.7. The second kappa shape index (κ2) is 10.6. The molecule has 0 unspecified atom stereocenters. The van der Waals surface area contributed by atoms with Crippen LogP contribution in [-0.2, 0) is 13.1 Å². The number of nitrogens with zero attached hydrogens (tertiary/aromatic N) is 8. The molecule has 218 valence electrons. The van der Waals surface area contributed by atoms with Gasteiger partial charge in [-0.25, -0.2) is 14.8 Å². The van der Waals surface area contributed by atoms with Crippen molar-refractivity contribution in [3.63, 3.8) is 0 Å². The lowest BCUT2D eigenvalue weighted by atomic mass is 9.80. The summed E-state index contributed by atoms with van der Waals surface area (Å²) in [6, 6.07) is 0.228. The molecule has 0 saturated heterocycles. The SMILES string of the molecule is CC1CCC(Cn2c(N(C)Cc3noc(C4CC4)n3)nc3nc(-c4noc(=O)[nH]4)nc(N[C@H](C)C4CCC4)c32)CC1. The van der Waals surface area contributed by atoms with Crippen LogP contribution < -0.4 is 16.0 Å². The van der Waals surface area contributed by atoms with Crippen LogP contribution in [0.4, 0.5) is 11.8 Å². The van der Waals surface area contributed by atoms with Gasteiger partial charge in [0.1, 0.15) is 5.52 Å². The molecule has 0 aromatic carbocycles. The molecule has 4 heterocycles. The molecule has 3 aliphatic carbocycles. The third kappa shape index (κ3) is 5.33. The van der Waals surface area contributed by atoms with Crippen LogP contribution in [0.2, 0.25) is 0 Å². The molecule has 41 heavy (non-hydrogen) atoms. The van der Waals surface area contributed by atoms with E-state index in [4.69, 9.17) is 24.0 Å². The minimum Gasteiger partial charge on any atom is -0.365 e. The van der Waals surface area contributed by atoms with Gasteiger partial charge in [0, 0.05) is 25.6 Å². The average Bonchev–Trinajstić information content (AvgIpc) is 3.31. The van der Waals surface area contributed by atoms with Crippen LogP contribution in [-0.4, -0.2) is 52.9 Å². The number of nitrogens with one attached hydrogen (secondary N) is 2. The Morgan fingerprint density at radius 3 is 2.51 bits per heavy atom. The van der Waals surface area contributed by atoms with Crippen molar-refractivity contribution in [2.45, 2.75) is 96.7 Å². The maximum absolute atomic E-state index is 11.7. The van der Waals surface area contributed by atoms with E-state index >= 15 is 0 Å². The van der Waals surface area contributed by atoms with Crippen LogP contribution in [0.1, 0.15) is 89.3 Å². The highest BCUT2D eigenvalue weighted by Crippen LogP contribution is 2.39. The number of hydrogen-bond donors (Lipinski definition) is 2. The summed E-state index contributed by atoms with van der Waals surface area (Å²) in [7, 11) is 2.00. The Bertz CT molecular complexity index is 1570. The molecular weight excluding hydrogens is 524 g/mol. The van der Waals surface area contributed by atoms with Gasteiger partial charge in [-0.2, -0.15) is 9.97 Å². The predicted octanol–water partition coefficient (Wildman–Crippen LogP) is 4.49. The fourth-order valence-corrected chi connectivity index (χ4v) is 6.18. The van der Waals surface area contributed by atoms with Crippen LogP contribution in [0.5, 0.6) is 0 Å². The Kier molecular flexibility index (Phi) is 6.74. The molecule has 0 aliphatic heterocycles. The van der Waals surface area contributed by atoms with Crippen LogP contribution >= 0.6 is 0 Å². The van der Waals surface area contributed by atoms with Crippen molar-refractivity contribution in [2.75, 3.05) is 17.3 Å². The third-order valence-corrected chi connectivity index (χ3v) is 9.16. The number of anilines is 2. The van der Waals surface area contributed by atoms with Gasteiger partial charge in [-0.3, -0.25) is 9.51 Å². The molecule has 0 amide bonds. The van der Waals surface area contributed by atoms with Crippen LogP contribution in [0.25, 0.3) is 22.8 Å². The first-order valence-electron chi connectivity index (χ1n) is 15.1. The Morgan fingerprint density at radius 2 is 1.83 bits per heavy atom. The number of aromatic nitrogens is 8. The first-order valence-corrected chi connectivity index (χ1v) is 15.1. The summed E-state index contributed by atoms with van der Waals surface area (Å²) in [5.41, 5.74) is 1.40. The molecular formula is C28H38N10O3. The molecule has 1 atom stereocenters. The minimum atomic E-state index is -0.649. The largest absolute Gasteiger partial charge is 0.439 e. The summed E-state index contributed by atoms with van der Waals surface area (Å²) >= 11 is 0. The molecule has 4 aromatic heterocycles. The Labute approximate surface area is 237 Å². The van der Waals surface area contributed by atoms with Gasteiger partial charge in [-0.05, 0) is 63.2 Å². The first kappa shape index (κ1) is 26.1. The van der Waals surface area contributed by atoms with Crippen LogP contribution in [0.3, 0.4) is 0 Å². The normalized spacial score (nSPS) is 22.1. The van der Waals surface area contributed by atoms with Crippen LogP contribution in [0.15, 0.2) is 13.8 Å². The van der Waals surface area contributed by atoms with Gasteiger partial charge < -0.3 is 19.3 Å². The van der Waals surface area contributed by atoms with E-state index in [-0.39, 0.29) is 17.7 Å². The fraction of sp³-hybridized carbons (Fsp3) is 0.679. The lowest BCUT2D eigenvalue weighted by Gasteiger charge is -2.32. The van der Waals surface area contributed by atoms with Crippen molar-refractivity contribution in [1.29, 1.82) is 0 Å².